The fraction of sp³-hybridized carbons (Fsp3) is 0.182. The Morgan fingerprint density at radius 3 is 2.53 bits per heavy atom. The maximum atomic E-state index is 12.8. The molecule has 1 aliphatic heterocycles. The van der Waals surface area contributed by atoms with Crippen molar-refractivity contribution < 1.29 is 9.59 Å². The van der Waals surface area contributed by atoms with Crippen LogP contribution < -0.4 is 21.5 Å². The first-order valence-corrected chi connectivity index (χ1v) is 10.6. The Morgan fingerprint density at radius 2 is 1.81 bits per heavy atom. The van der Waals surface area contributed by atoms with E-state index in [1.54, 1.807) is 18.2 Å². The number of hydrogen-bond acceptors (Lipinski definition) is 5. The van der Waals surface area contributed by atoms with E-state index >= 15 is 0 Å². The average molecular weight is 472 g/mol. The first kappa shape index (κ1) is 21.9. The Morgan fingerprint density at radius 1 is 1.09 bits per heavy atom. The molecule has 0 bridgehead atoms. The highest BCUT2D eigenvalue weighted by molar-refractivity contribution is 6.35. The van der Waals surface area contributed by atoms with Crippen molar-refractivity contribution in [2.75, 3.05) is 17.2 Å². The predicted molar refractivity (Wildman–Crippen MR) is 124 cm³/mol. The van der Waals surface area contributed by atoms with Crippen LogP contribution in [0, 0.1) is 0 Å². The molecule has 0 spiro atoms. The second-order valence-electron chi connectivity index (χ2n) is 7.29. The summed E-state index contributed by atoms with van der Waals surface area (Å²) in [5.74, 6) is -1.59. The smallest absolute Gasteiger partial charge is 0.258 e. The zero-order valence-electron chi connectivity index (χ0n) is 16.7. The highest BCUT2D eigenvalue weighted by atomic mass is 35.5. The molecule has 0 radical (unpaired) electrons. The number of aromatic amines is 1. The van der Waals surface area contributed by atoms with Gasteiger partial charge in [-0.25, -0.2) is 0 Å². The van der Waals surface area contributed by atoms with Crippen molar-refractivity contribution in [3.8, 4) is 0 Å². The van der Waals surface area contributed by atoms with Crippen molar-refractivity contribution in [2.24, 2.45) is 0 Å². The summed E-state index contributed by atoms with van der Waals surface area (Å²) in [5.41, 5.74) is 1.18. The van der Waals surface area contributed by atoms with Gasteiger partial charge in [-0.15, -0.1) is 0 Å². The van der Waals surface area contributed by atoms with E-state index in [1.165, 1.54) is 0 Å². The number of nitrogens with one attached hydrogen (secondary N) is 4. The fourth-order valence-corrected chi connectivity index (χ4v) is 4.04. The molecule has 0 aliphatic carbocycles. The van der Waals surface area contributed by atoms with Crippen LogP contribution in [0.3, 0.4) is 0 Å². The van der Waals surface area contributed by atoms with Gasteiger partial charge in [0, 0.05) is 28.7 Å². The third-order valence-corrected chi connectivity index (χ3v) is 5.39. The summed E-state index contributed by atoms with van der Waals surface area (Å²) < 4.78 is 0. The van der Waals surface area contributed by atoms with Gasteiger partial charge in [0.25, 0.3) is 5.56 Å². The Labute approximate surface area is 193 Å². The number of hydrogen-bond donors (Lipinski definition) is 4. The van der Waals surface area contributed by atoms with Crippen LogP contribution >= 0.6 is 23.2 Å². The molecule has 0 saturated carbocycles. The number of carbonyl (C=O) groups is 2. The van der Waals surface area contributed by atoms with Crippen molar-refractivity contribution >= 4 is 52.5 Å². The van der Waals surface area contributed by atoms with E-state index in [1.807, 2.05) is 30.3 Å². The molecular weight excluding hydrogens is 453 g/mol. The van der Waals surface area contributed by atoms with Gasteiger partial charge in [0.2, 0.25) is 17.8 Å². The van der Waals surface area contributed by atoms with Crippen LogP contribution in [0.5, 0.6) is 0 Å². The number of amides is 2. The molecule has 0 saturated heterocycles. The van der Waals surface area contributed by atoms with Gasteiger partial charge in [-0.3, -0.25) is 19.4 Å². The van der Waals surface area contributed by atoms with Gasteiger partial charge >= 0.3 is 0 Å². The minimum absolute atomic E-state index is 0.0452. The average Bonchev–Trinajstić information content (AvgIpc) is 2.72. The third-order valence-electron chi connectivity index (χ3n) is 4.95. The summed E-state index contributed by atoms with van der Waals surface area (Å²) >= 11 is 12.0. The molecule has 3 aromatic rings. The summed E-state index contributed by atoms with van der Waals surface area (Å²) in [6, 6.07) is 14.5. The molecule has 0 unspecified atom stereocenters. The maximum absolute atomic E-state index is 12.8. The van der Waals surface area contributed by atoms with Crippen molar-refractivity contribution in [1.82, 2.24) is 15.3 Å². The Kier molecular flexibility index (Phi) is 6.43. The number of aromatic nitrogens is 2. The second kappa shape index (κ2) is 9.42. The van der Waals surface area contributed by atoms with E-state index in [-0.39, 0.29) is 23.8 Å². The zero-order chi connectivity index (χ0) is 22.7. The Balaban J connectivity index is 1.53. The van der Waals surface area contributed by atoms with Crippen molar-refractivity contribution in [3.63, 3.8) is 0 Å². The predicted octanol–water partition coefficient (Wildman–Crippen LogP) is 3.61. The highest BCUT2D eigenvalue weighted by Crippen LogP contribution is 2.30. The van der Waals surface area contributed by atoms with E-state index in [0.717, 1.165) is 5.56 Å². The lowest BCUT2D eigenvalue weighted by atomic mass is 9.92. The van der Waals surface area contributed by atoms with E-state index < -0.39 is 23.3 Å². The van der Waals surface area contributed by atoms with Crippen LogP contribution in [0.15, 0.2) is 53.3 Å². The SMILES string of the molecule is O=C1C[C@@H](C(=O)NCCc2ccccc2)c2c(nc(Nc3cc(Cl)cc(Cl)c3)[nH]c2=O)N1. The lowest BCUT2D eigenvalue weighted by molar-refractivity contribution is -0.126. The minimum atomic E-state index is -0.930. The molecule has 1 aromatic heterocycles. The normalized spacial score (nSPS) is 14.9. The van der Waals surface area contributed by atoms with Gasteiger partial charge in [-0.05, 0) is 30.2 Å². The van der Waals surface area contributed by atoms with E-state index in [0.29, 0.717) is 28.7 Å². The molecule has 0 fully saturated rings. The maximum Gasteiger partial charge on any atom is 0.258 e. The van der Waals surface area contributed by atoms with Crippen molar-refractivity contribution in [2.45, 2.75) is 18.8 Å². The van der Waals surface area contributed by atoms with Gasteiger partial charge in [0.15, 0.2) is 0 Å². The fourth-order valence-electron chi connectivity index (χ4n) is 3.52. The van der Waals surface area contributed by atoms with Crippen LogP contribution in [0.1, 0.15) is 23.5 Å². The summed E-state index contributed by atoms with van der Waals surface area (Å²) in [7, 11) is 0. The molecule has 164 valence electrons. The first-order valence-electron chi connectivity index (χ1n) is 9.88. The molecular formula is C22H19Cl2N5O3. The van der Waals surface area contributed by atoms with Gasteiger partial charge in [0.05, 0.1) is 11.5 Å². The molecule has 1 atom stereocenters. The number of halogens is 2. The van der Waals surface area contributed by atoms with Gasteiger partial charge in [-0.2, -0.15) is 4.98 Å². The van der Waals surface area contributed by atoms with Crippen LogP contribution in [0.25, 0.3) is 0 Å². The third kappa shape index (κ3) is 5.09. The monoisotopic (exact) mass is 471 g/mol. The Bertz CT molecular complexity index is 1210. The highest BCUT2D eigenvalue weighted by Gasteiger charge is 2.34. The molecule has 2 heterocycles. The molecule has 8 nitrogen and oxygen atoms in total. The molecule has 2 aromatic carbocycles. The summed E-state index contributed by atoms with van der Waals surface area (Å²) in [4.78, 5) is 44.7. The summed E-state index contributed by atoms with van der Waals surface area (Å²) in [5, 5.41) is 9.09. The van der Waals surface area contributed by atoms with Crippen LogP contribution in [0.2, 0.25) is 10.0 Å². The molecule has 2 amide bonds. The van der Waals surface area contributed by atoms with Crippen LogP contribution in [-0.2, 0) is 16.0 Å². The Hall–Kier alpha value is -3.36. The molecule has 10 heteroatoms. The number of H-pyrrole nitrogens is 1. The second-order valence-corrected chi connectivity index (χ2v) is 8.16. The molecule has 4 N–H and O–H groups in total. The van der Waals surface area contributed by atoms with Crippen LogP contribution in [0.4, 0.5) is 17.5 Å². The molecule has 1 aliphatic rings. The lowest BCUT2D eigenvalue weighted by Gasteiger charge is -2.23. The standard InChI is InChI=1S/C22H19Cl2N5O3/c23-13-8-14(24)10-15(9-13)26-22-28-19-18(21(32)29-22)16(11-17(30)27-19)20(31)25-7-6-12-4-2-1-3-5-12/h1-5,8-10,16H,6-7,11H2,(H,25,31)(H3,26,27,28,29,30,32)/t16-/m1/s1. The molecule has 32 heavy (non-hydrogen) atoms. The van der Waals surface area contributed by atoms with Gasteiger partial charge in [0.1, 0.15) is 5.82 Å². The zero-order valence-corrected chi connectivity index (χ0v) is 18.3. The molecule has 4 rings (SSSR count). The number of rotatable bonds is 6. The van der Waals surface area contributed by atoms with Crippen molar-refractivity contribution in [3.05, 3.63) is 80.1 Å². The summed E-state index contributed by atoms with van der Waals surface area (Å²) in [6.07, 6.45) is 0.504. The topological polar surface area (TPSA) is 116 Å². The summed E-state index contributed by atoms with van der Waals surface area (Å²) in [6.45, 7) is 0.386. The minimum Gasteiger partial charge on any atom is -0.355 e. The van der Waals surface area contributed by atoms with Crippen molar-refractivity contribution in [1.29, 1.82) is 0 Å². The number of carbonyl (C=O) groups excluding carboxylic acids is 2. The number of nitrogens with zero attached hydrogens (tertiary/aromatic N) is 1. The van der Waals surface area contributed by atoms with Gasteiger partial charge < -0.3 is 16.0 Å². The number of fused-ring (bicyclic) bond motifs is 1. The van der Waals surface area contributed by atoms with E-state index in [2.05, 4.69) is 25.9 Å². The van der Waals surface area contributed by atoms with E-state index in [4.69, 9.17) is 23.2 Å². The van der Waals surface area contributed by atoms with E-state index in [9.17, 15) is 14.4 Å². The van der Waals surface area contributed by atoms with Gasteiger partial charge in [-0.1, -0.05) is 53.5 Å². The number of benzene rings is 2. The lowest BCUT2D eigenvalue weighted by Crippen LogP contribution is -2.39. The number of anilines is 3. The van der Waals surface area contributed by atoms with Crippen LogP contribution in [-0.4, -0.2) is 28.3 Å². The largest absolute Gasteiger partial charge is 0.355 e. The quantitative estimate of drug-likeness (QED) is 0.438. The first-order chi connectivity index (χ1) is 15.4.